The predicted octanol–water partition coefficient (Wildman–Crippen LogP) is 4.73. The van der Waals surface area contributed by atoms with E-state index in [4.69, 9.17) is 16.3 Å². The first-order valence-corrected chi connectivity index (χ1v) is 12.4. The quantitative estimate of drug-likeness (QED) is 0.182. The van der Waals surface area contributed by atoms with Gasteiger partial charge in [-0.3, -0.25) is 14.4 Å². The van der Waals surface area contributed by atoms with Crippen molar-refractivity contribution in [1.82, 2.24) is 5.43 Å². The lowest BCUT2D eigenvalue weighted by Gasteiger charge is -2.26. The molecule has 0 radical (unpaired) electrons. The van der Waals surface area contributed by atoms with Gasteiger partial charge in [0.2, 0.25) is 5.78 Å². The number of hydrogen-bond donors (Lipinski definition) is 2. The molecule has 0 atom stereocenters. The van der Waals surface area contributed by atoms with Gasteiger partial charge >= 0.3 is 18.2 Å². The Bertz CT molecular complexity index is 1340. The van der Waals surface area contributed by atoms with Crippen molar-refractivity contribution in [3.05, 3.63) is 63.7 Å². The number of aryl methyl sites for hydroxylation is 1. The van der Waals surface area contributed by atoms with E-state index in [0.717, 1.165) is 7.11 Å². The summed E-state index contributed by atoms with van der Waals surface area (Å²) in [5.74, 6) is -4.52. The predicted molar refractivity (Wildman–Crippen MR) is 140 cm³/mol. The second-order valence-electron chi connectivity index (χ2n) is 9.67. The van der Waals surface area contributed by atoms with Crippen LogP contribution >= 0.6 is 11.6 Å². The third-order valence-corrected chi connectivity index (χ3v) is 5.70. The number of aliphatic hydroxyl groups is 1. The van der Waals surface area contributed by atoms with E-state index in [-0.39, 0.29) is 39.4 Å². The topological polar surface area (TPSA) is 139 Å². The summed E-state index contributed by atoms with van der Waals surface area (Å²) in [5.41, 5.74) is 1.29. The Labute approximate surface area is 238 Å². The molecule has 14 heteroatoms. The van der Waals surface area contributed by atoms with Gasteiger partial charge in [0.1, 0.15) is 5.60 Å². The zero-order valence-corrected chi connectivity index (χ0v) is 23.3. The Kier molecular flexibility index (Phi) is 11.0. The van der Waals surface area contributed by atoms with E-state index in [9.17, 15) is 42.3 Å². The molecule has 2 aromatic carbocycles. The van der Waals surface area contributed by atoms with Crippen LogP contribution in [0.2, 0.25) is 5.02 Å². The van der Waals surface area contributed by atoms with Crippen LogP contribution in [0.3, 0.4) is 0 Å². The van der Waals surface area contributed by atoms with Gasteiger partial charge in [-0.15, -0.1) is 0 Å². The van der Waals surface area contributed by atoms with Gasteiger partial charge in [-0.2, -0.15) is 13.2 Å². The Hall–Kier alpha value is -3.97. The van der Waals surface area contributed by atoms with Crippen LogP contribution in [-0.2, 0) is 32.1 Å². The minimum atomic E-state index is -4.99. The van der Waals surface area contributed by atoms with Crippen molar-refractivity contribution < 1.29 is 51.7 Å². The second-order valence-corrected chi connectivity index (χ2v) is 10.1. The third-order valence-electron chi connectivity index (χ3n) is 5.37. The van der Waals surface area contributed by atoms with E-state index in [1.165, 1.54) is 36.4 Å². The summed E-state index contributed by atoms with van der Waals surface area (Å²) in [7, 11) is 1.14. The molecule has 0 aliphatic carbocycles. The van der Waals surface area contributed by atoms with Gasteiger partial charge in [0.15, 0.2) is 5.78 Å². The molecular weight excluding hydrogens is 573 g/mol. The Morgan fingerprint density at radius 3 is 2.22 bits per heavy atom. The van der Waals surface area contributed by atoms with Crippen LogP contribution in [0.1, 0.15) is 65.5 Å². The number of nitrogens with one attached hydrogen (secondary N) is 1. The molecule has 2 N–H and O–H groups in total. The first-order valence-electron chi connectivity index (χ1n) is 12.0. The van der Waals surface area contributed by atoms with E-state index in [1.807, 2.05) is 0 Å². The fourth-order valence-corrected chi connectivity index (χ4v) is 3.70. The number of hydrogen-bond acceptors (Lipinski definition) is 8. The summed E-state index contributed by atoms with van der Waals surface area (Å²) in [6, 6.07) is 7.51. The van der Waals surface area contributed by atoms with Crippen LogP contribution in [0.5, 0.6) is 0 Å². The molecule has 0 saturated heterocycles. The lowest BCUT2D eigenvalue weighted by molar-refractivity contribution is -0.171. The largest absolute Gasteiger partial charge is 0.465 e. The second kappa shape index (κ2) is 13.6. The number of anilines is 1. The van der Waals surface area contributed by atoms with Crippen molar-refractivity contribution in [2.45, 2.75) is 58.4 Å². The third kappa shape index (κ3) is 9.57. The number of benzene rings is 2. The number of halogens is 4. The van der Waals surface area contributed by atoms with Gasteiger partial charge in [-0.05, 0) is 68.7 Å². The number of methoxy groups -OCH3 is 1. The van der Waals surface area contributed by atoms with E-state index < -0.39 is 60.8 Å². The molecule has 0 aliphatic heterocycles. The van der Waals surface area contributed by atoms with Crippen molar-refractivity contribution in [2.75, 3.05) is 12.1 Å². The van der Waals surface area contributed by atoms with Gasteiger partial charge in [-0.25, -0.2) is 20.0 Å². The molecule has 0 aromatic heterocycles. The van der Waals surface area contributed by atoms with Crippen LogP contribution in [-0.4, -0.2) is 53.5 Å². The maximum Gasteiger partial charge on any atom is 0.449 e. The molecule has 0 fully saturated rings. The number of Topliss-reactive ketones (excluding diaryl/α,β-unsaturated/α-hetero) is 2. The molecule has 0 spiro atoms. The average molecular weight is 601 g/mol. The van der Waals surface area contributed by atoms with Crippen LogP contribution in [0, 0.1) is 0 Å². The summed E-state index contributed by atoms with van der Waals surface area (Å²) >= 11 is 6.11. The van der Waals surface area contributed by atoms with Gasteiger partial charge in [0.25, 0.3) is 5.91 Å². The van der Waals surface area contributed by atoms with E-state index in [1.54, 1.807) is 20.8 Å². The van der Waals surface area contributed by atoms with E-state index in [2.05, 4.69) is 10.2 Å². The van der Waals surface area contributed by atoms with E-state index >= 15 is 0 Å². The van der Waals surface area contributed by atoms with Crippen molar-refractivity contribution in [3.63, 3.8) is 0 Å². The number of carbonyl (C=O) groups is 5. The Balaban J connectivity index is 2.37. The van der Waals surface area contributed by atoms with Crippen LogP contribution in [0.25, 0.3) is 0 Å². The van der Waals surface area contributed by atoms with Crippen LogP contribution < -0.4 is 10.4 Å². The molecule has 222 valence electrons. The van der Waals surface area contributed by atoms with E-state index in [0.29, 0.717) is 5.01 Å². The summed E-state index contributed by atoms with van der Waals surface area (Å²) in [6.07, 6.45) is -8.09. The lowest BCUT2D eigenvalue weighted by Crippen LogP contribution is -2.49. The Morgan fingerprint density at radius 2 is 1.66 bits per heavy atom. The number of carbonyl (C=O) groups excluding carboxylic acids is 5. The smallest absolute Gasteiger partial charge is 0.449 e. The van der Waals surface area contributed by atoms with Crippen molar-refractivity contribution in [3.8, 4) is 0 Å². The summed E-state index contributed by atoms with van der Waals surface area (Å²) < 4.78 is 47.5. The van der Waals surface area contributed by atoms with Crippen molar-refractivity contribution in [1.29, 1.82) is 0 Å². The molecule has 41 heavy (non-hydrogen) atoms. The highest BCUT2D eigenvalue weighted by molar-refractivity contribution is 6.34. The maximum absolute atomic E-state index is 13.3. The number of alkyl halides is 3. The van der Waals surface area contributed by atoms with Crippen molar-refractivity contribution in [2.24, 2.45) is 0 Å². The minimum Gasteiger partial charge on any atom is -0.465 e. The highest BCUT2D eigenvalue weighted by Gasteiger charge is 2.37. The molecule has 0 heterocycles. The normalized spacial score (nSPS) is 11.4. The molecule has 2 rings (SSSR count). The Morgan fingerprint density at radius 1 is 1.00 bits per heavy atom. The summed E-state index contributed by atoms with van der Waals surface area (Å²) in [4.78, 5) is 62.1. The van der Waals surface area contributed by atoms with Gasteiger partial charge in [0, 0.05) is 12.0 Å². The molecule has 0 aliphatic rings. The zero-order chi connectivity index (χ0) is 31.1. The van der Waals surface area contributed by atoms with Gasteiger partial charge < -0.3 is 14.6 Å². The molecule has 2 aromatic rings. The monoisotopic (exact) mass is 600 g/mol. The minimum absolute atomic E-state index is 0.00732. The first kappa shape index (κ1) is 33.2. The maximum atomic E-state index is 13.3. The fraction of sp³-hybridized carbons (Fsp3) is 0.370. The average Bonchev–Trinajstić information content (AvgIpc) is 2.88. The number of rotatable bonds is 9. The fourth-order valence-electron chi connectivity index (χ4n) is 3.48. The van der Waals surface area contributed by atoms with Crippen LogP contribution in [0.4, 0.5) is 23.7 Å². The summed E-state index contributed by atoms with van der Waals surface area (Å²) in [5, 5.41) is 10.3. The highest BCUT2D eigenvalue weighted by atomic mass is 35.5. The number of nitrogens with zero attached hydrogens (tertiary/aromatic N) is 1. The molecule has 2 amide bonds. The summed E-state index contributed by atoms with van der Waals surface area (Å²) in [6.45, 7) is 4.10. The number of esters is 1. The molecular formula is C27H28ClF3N2O8. The lowest BCUT2D eigenvalue weighted by atomic mass is 10.0. The first-order chi connectivity index (χ1) is 19.0. The highest BCUT2D eigenvalue weighted by Crippen LogP contribution is 2.25. The number of aliphatic hydroxyl groups excluding tert-OH is 1. The number of hydrazine groups is 1. The number of ketones is 2. The number of amides is 2. The van der Waals surface area contributed by atoms with Gasteiger partial charge in [-0.1, -0.05) is 17.7 Å². The molecule has 0 bridgehead atoms. The molecule has 10 nitrogen and oxygen atoms in total. The van der Waals surface area contributed by atoms with Crippen molar-refractivity contribution >= 4 is 46.8 Å². The molecule has 0 unspecified atom stereocenters. The SMILES string of the molecule is COC(=O)c1ccc(N(NC(=O)OC(C)(C)C)C(=O)CC(=O)c2cc(CCC(=O)C(F)(F)F)ccc2Cl)cc1CO. The standard InChI is InChI=1S/C27H28ClF3N2O8/c1-26(2,3)41-25(39)32-33(17-7-8-18(24(38)40-4)16(12-17)14-34)23(37)13-21(35)19-11-15(5-9-20(19)28)6-10-22(36)27(29,30)31/h5,7-9,11-12,34H,6,10,13-14H2,1-4H3,(H,32,39). The molecule has 0 saturated carbocycles. The zero-order valence-electron chi connectivity index (χ0n) is 22.6. The van der Waals surface area contributed by atoms with Gasteiger partial charge in [0.05, 0.1) is 36.4 Å². The van der Waals surface area contributed by atoms with Crippen LogP contribution in [0.15, 0.2) is 36.4 Å². The number of ether oxygens (including phenoxy) is 2.